The van der Waals surface area contributed by atoms with E-state index < -0.39 is 0 Å². The summed E-state index contributed by atoms with van der Waals surface area (Å²) in [6, 6.07) is 10.6. The molecular weight excluding hydrogens is 392 g/mol. The van der Waals surface area contributed by atoms with Gasteiger partial charge < -0.3 is 10.6 Å². The molecule has 2 N–H and O–H groups in total. The fourth-order valence-electron chi connectivity index (χ4n) is 2.29. The van der Waals surface area contributed by atoms with E-state index in [0.29, 0.717) is 22.0 Å². The Hall–Kier alpha value is -1.85. The van der Waals surface area contributed by atoms with Crippen LogP contribution in [-0.4, -0.2) is 11.8 Å². The standard InChI is InChI=1S/C18H16BrClN2O2/c1-10-2-6-13(21-17(23)11-3-4-11)9-16(10)22-18(24)14-8-12(19)5-7-15(14)20/h2,5-9,11H,3-4H2,1H3,(H,21,23)(H,22,24). The third kappa shape index (κ3) is 3.97. The molecule has 2 aromatic carbocycles. The number of anilines is 2. The maximum Gasteiger partial charge on any atom is 0.257 e. The van der Waals surface area contributed by atoms with Gasteiger partial charge in [-0.15, -0.1) is 0 Å². The van der Waals surface area contributed by atoms with Crippen LogP contribution in [0, 0.1) is 12.8 Å². The van der Waals surface area contributed by atoms with Gasteiger partial charge in [0.05, 0.1) is 10.6 Å². The smallest absolute Gasteiger partial charge is 0.257 e. The Morgan fingerprint density at radius 3 is 2.58 bits per heavy atom. The second kappa shape index (κ2) is 6.95. The van der Waals surface area contributed by atoms with Crippen molar-refractivity contribution in [2.24, 2.45) is 5.92 Å². The van der Waals surface area contributed by atoms with Crippen LogP contribution in [0.5, 0.6) is 0 Å². The zero-order valence-electron chi connectivity index (χ0n) is 13.0. The van der Waals surface area contributed by atoms with Gasteiger partial charge >= 0.3 is 0 Å². The first-order chi connectivity index (χ1) is 11.4. The average molecular weight is 408 g/mol. The number of halogens is 2. The zero-order valence-corrected chi connectivity index (χ0v) is 15.4. The summed E-state index contributed by atoms with van der Waals surface area (Å²) in [5, 5.41) is 6.12. The molecule has 0 aliphatic heterocycles. The highest BCUT2D eigenvalue weighted by molar-refractivity contribution is 9.10. The number of rotatable bonds is 4. The lowest BCUT2D eigenvalue weighted by Crippen LogP contribution is -2.15. The Labute approximate surface area is 153 Å². The SMILES string of the molecule is Cc1ccc(NC(=O)C2CC2)cc1NC(=O)c1cc(Br)ccc1Cl. The first-order valence-corrected chi connectivity index (χ1v) is 8.79. The quantitative estimate of drug-likeness (QED) is 0.748. The number of hydrogen-bond donors (Lipinski definition) is 2. The Morgan fingerprint density at radius 2 is 1.88 bits per heavy atom. The Bertz CT molecular complexity index is 819. The summed E-state index contributed by atoms with van der Waals surface area (Å²) in [7, 11) is 0. The largest absolute Gasteiger partial charge is 0.326 e. The van der Waals surface area contributed by atoms with Crippen LogP contribution in [0.2, 0.25) is 5.02 Å². The van der Waals surface area contributed by atoms with E-state index in [2.05, 4.69) is 26.6 Å². The molecule has 0 unspecified atom stereocenters. The minimum atomic E-state index is -0.296. The van der Waals surface area contributed by atoms with Gasteiger partial charge in [-0.1, -0.05) is 33.6 Å². The number of aryl methyl sites for hydroxylation is 1. The number of carbonyl (C=O) groups is 2. The summed E-state index contributed by atoms with van der Waals surface area (Å²) in [4.78, 5) is 24.4. The molecule has 124 valence electrons. The second-order valence-corrected chi connectivity index (χ2v) is 7.19. The summed E-state index contributed by atoms with van der Waals surface area (Å²) < 4.78 is 0.777. The molecule has 4 nitrogen and oxygen atoms in total. The van der Waals surface area contributed by atoms with Gasteiger partial charge in [0, 0.05) is 21.8 Å². The van der Waals surface area contributed by atoms with Crippen molar-refractivity contribution >= 4 is 50.7 Å². The van der Waals surface area contributed by atoms with Crippen molar-refractivity contribution < 1.29 is 9.59 Å². The number of nitrogens with one attached hydrogen (secondary N) is 2. The van der Waals surface area contributed by atoms with Gasteiger partial charge in [0.2, 0.25) is 5.91 Å². The summed E-state index contributed by atoms with van der Waals surface area (Å²) in [5.41, 5.74) is 2.61. The van der Waals surface area contributed by atoms with E-state index in [0.717, 1.165) is 22.9 Å². The molecule has 0 atom stereocenters. The maximum atomic E-state index is 12.5. The van der Waals surface area contributed by atoms with Crippen molar-refractivity contribution in [3.63, 3.8) is 0 Å². The fraction of sp³-hybridized carbons (Fsp3) is 0.222. The van der Waals surface area contributed by atoms with E-state index in [-0.39, 0.29) is 17.7 Å². The highest BCUT2D eigenvalue weighted by Gasteiger charge is 2.29. The number of benzene rings is 2. The molecule has 1 fully saturated rings. The van der Waals surface area contributed by atoms with Crippen molar-refractivity contribution in [1.29, 1.82) is 0 Å². The molecule has 1 saturated carbocycles. The van der Waals surface area contributed by atoms with E-state index in [1.165, 1.54) is 0 Å². The third-order valence-corrected chi connectivity index (χ3v) is 4.70. The van der Waals surface area contributed by atoms with Crippen molar-refractivity contribution in [2.45, 2.75) is 19.8 Å². The van der Waals surface area contributed by atoms with Crippen LogP contribution >= 0.6 is 27.5 Å². The van der Waals surface area contributed by atoms with Crippen LogP contribution in [0.25, 0.3) is 0 Å². The fourth-order valence-corrected chi connectivity index (χ4v) is 2.85. The average Bonchev–Trinajstić information content (AvgIpc) is 3.37. The third-order valence-electron chi connectivity index (χ3n) is 3.87. The van der Waals surface area contributed by atoms with Gasteiger partial charge in [-0.2, -0.15) is 0 Å². The molecule has 1 aliphatic carbocycles. The molecule has 0 saturated heterocycles. The molecule has 24 heavy (non-hydrogen) atoms. The maximum absolute atomic E-state index is 12.5. The van der Waals surface area contributed by atoms with E-state index in [9.17, 15) is 9.59 Å². The van der Waals surface area contributed by atoms with Crippen LogP contribution in [0.4, 0.5) is 11.4 Å². The molecule has 0 aromatic heterocycles. The van der Waals surface area contributed by atoms with Crippen LogP contribution in [0.1, 0.15) is 28.8 Å². The molecule has 0 bridgehead atoms. The molecule has 0 heterocycles. The second-order valence-electron chi connectivity index (χ2n) is 5.87. The monoisotopic (exact) mass is 406 g/mol. The molecular formula is C18H16BrClN2O2. The van der Waals surface area contributed by atoms with E-state index in [4.69, 9.17) is 11.6 Å². The molecule has 0 radical (unpaired) electrons. The molecule has 0 spiro atoms. The predicted octanol–water partition coefficient (Wildman–Crippen LogP) is 5.01. The summed E-state index contributed by atoms with van der Waals surface area (Å²) in [6.45, 7) is 1.89. The topological polar surface area (TPSA) is 58.2 Å². The van der Waals surface area contributed by atoms with E-state index in [1.807, 2.05) is 19.1 Å². The van der Waals surface area contributed by atoms with Crippen molar-refractivity contribution in [2.75, 3.05) is 10.6 Å². The van der Waals surface area contributed by atoms with Crippen molar-refractivity contribution in [3.8, 4) is 0 Å². The lowest BCUT2D eigenvalue weighted by atomic mass is 10.1. The van der Waals surface area contributed by atoms with Gasteiger partial charge in [0.15, 0.2) is 0 Å². The Balaban J connectivity index is 1.79. The molecule has 6 heteroatoms. The highest BCUT2D eigenvalue weighted by Crippen LogP contribution is 2.31. The van der Waals surface area contributed by atoms with Crippen molar-refractivity contribution in [1.82, 2.24) is 0 Å². The van der Waals surface area contributed by atoms with Crippen LogP contribution in [0.15, 0.2) is 40.9 Å². The number of carbonyl (C=O) groups excluding carboxylic acids is 2. The summed E-state index contributed by atoms with van der Waals surface area (Å²) in [6.07, 6.45) is 1.89. The van der Waals surface area contributed by atoms with E-state index >= 15 is 0 Å². The van der Waals surface area contributed by atoms with Gasteiger partial charge in [-0.25, -0.2) is 0 Å². The van der Waals surface area contributed by atoms with E-state index in [1.54, 1.807) is 24.3 Å². The molecule has 1 aliphatic rings. The van der Waals surface area contributed by atoms with Crippen LogP contribution < -0.4 is 10.6 Å². The Morgan fingerprint density at radius 1 is 1.12 bits per heavy atom. The number of hydrogen-bond acceptors (Lipinski definition) is 2. The lowest BCUT2D eigenvalue weighted by molar-refractivity contribution is -0.117. The Kier molecular flexibility index (Phi) is 4.92. The van der Waals surface area contributed by atoms with Crippen LogP contribution in [0.3, 0.4) is 0 Å². The number of amides is 2. The minimum Gasteiger partial charge on any atom is -0.326 e. The first-order valence-electron chi connectivity index (χ1n) is 7.62. The lowest BCUT2D eigenvalue weighted by Gasteiger charge is -2.12. The van der Waals surface area contributed by atoms with Gasteiger partial charge in [0.1, 0.15) is 0 Å². The summed E-state index contributed by atoms with van der Waals surface area (Å²) in [5.74, 6) is -0.133. The highest BCUT2D eigenvalue weighted by atomic mass is 79.9. The van der Waals surface area contributed by atoms with Gasteiger partial charge in [-0.3, -0.25) is 9.59 Å². The molecule has 2 aromatic rings. The zero-order chi connectivity index (χ0) is 17.3. The summed E-state index contributed by atoms with van der Waals surface area (Å²) >= 11 is 9.44. The molecule has 2 amide bonds. The van der Waals surface area contributed by atoms with Gasteiger partial charge in [-0.05, 0) is 55.7 Å². The minimum absolute atomic E-state index is 0.0335. The molecule has 3 rings (SSSR count). The normalized spacial score (nSPS) is 13.5. The van der Waals surface area contributed by atoms with Crippen LogP contribution in [-0.2, 0) is 4.79 Å². The first kappa shape index (κ1) is 17.0. The predicted molar refractivity (Wildman–Crippen MR) is 99.6 cm³/mol. The van der Waals surface area contributed by atoms with Gasteiger partial charge in [0.25, 0.3) is 5.91 Å². The van der Waals surface area contributed by atoms with Crippen molar-refractivity contribution in [3.05, 3.63) is 57.0 Å².